The molecule has 170 valence electrons. The molecule has 0 radical (unpaired) electrons. The Hall–Kier alpha value is -2.74. The number of methoxy groups -OCH3 is 3. The van der Waals surface area contributed by atoms with Gasteiger partial charge in [0.1, 0.15) is 34.0 Å². The van der Waals surface area contributed by atoms with E-state index < -0.39 is 0 Å². The Morgan fingerprint density at radius 1 is 1.12 bits per heavy atom. The third-order valence-electron chi connectivity index (χ3n) is 6.23. The number of hydrogen-bond acceptors (Lipinski definition) is 7. The van der Waals surface area contributed by atoms with Crippen LogP contribution in [0.3, 0.4) is 0 Å². The van der Waals surface area contributed by atoms with E-state index in [1.807, 2.05) is 7.05 Å². The number of hydrogen-bond donors (Lipinski definition) is 1. The number of likely N-dealkylation sites (N-methyl/N-ethyl adjacent to an activating group) is 1. The van der Waals surface area contributed by atoms with Gasteiger partial charge in [0.2, 0.25) is 0 Å². The first-order valence-electron chi connectivity index (χ1n) is 10.3. The molecule has 0 unspecified atom stereocenters. The van der Waals surface area contributed by atoms with Gasteiger partial charge in [-0.15, -0.1) is 0 Å². The molecule has 7 nitrogen and oxygen atoms in total. The number of aliphatic hydroxyl groups excluding tert-OH is 1. The van der Waals surface area contributed by atoms with Crippen molar-refractivity contribution in [3.63, 3.8) is 0 Å². The van der Waals surface area contributed by atoms with Crippen LogP contribution in [0.4, 0.5) is 0 Å². The van der Waals surface area contributed by atoms with Gasteiger partial charge in [-0.1, -0.05) is 11.6 Å². The summed E-state index contributed by atoms with van der Waals surface area (Å²) in [5, 5.41) is 10.8. The van der Waals surface area contributed by atoms with Gasteiger partial charge in [-0.05, 0) is 38.2 Å². The molecule has 0 saturated carbocycles. The smallest absolute Gasteiger partial charge is 0.197 e. The second-order valence-corrected chi connectivity index (χ2v) is 8.25. The quantitative estimate of drug-likeness (QED) is 0.598. The standard InChI is InChI=1S/C24H26ClNO6/c1-26-8-7-14(17(26)12-27)22-20(30-3)11-21(31-4)23-18(28)10-19(32-24(22)23)15-9-13(29-2)5-6-16(15)25/h5-6,9-11,14,17,27H,7-8,12H2,1-4H3/t14-,17+/m0/s1. The topological polar surface area (TPSA) is 81.4 Å². The SMILES string of the molecule is COc1ccc(Cl)c(-c2cc(=O)c3c(OC)cc(OC)c([C@H]4CCN(C)[C@@H]4CO)c3o2)c1. The van der Waals surface area contributed by atoms with Gasteiger partial charge in [0.25, 0.3) is 0 Å². The van der Waals surface area contributed by atoms with Crippen molar-refractivity contribution in [1.29, 1.82) is 0 Å². The number of aliphatic hydroxyl groups is 1. The highest BCUT2D eigenvalue weighted by Gasteiger charge is 2.37. The van der Waals surface area contributed by atoms with Crippen molar-refractivity contribution in [2.24, 2.45) is 0 Å². The van der Waals surface area contributed by atoms with Gasteiger partial charge in [-0.3, -0.25) is 4.79 Å². The second-order valence-electron chi connectivity index (χ2n) is 7.85. The van der Waals surface area contributed by atoms with E-state index in [2.05, 4.69) is 4.90 Å². The van der Waals surface area contributed by atoms with Crippen molar-refractivity contribution in [3.8, 4) is 28.6 Å². The normalized spacial score (nSPS) is 18.8. The maximum Gasteiger partial charge on any atom is 0.197 e. The molecule has 1 saturated heterocycles. The molecule has 0 bridgehead atoms. The number of likely N-dealkylation sites (tertiary alicyclic amines) is 1. The Bertz CT molecular complexity index is 1210. The predicted molar refractivity (Wildman–Crippen MR) is 123 cm³/mol. The average Bonchev–Trinajstić information content (AvgIpc) is 3.17. The van der Waals surface area contributed by atoms with E-state index in [0.717, 1.165) is 18.5 Å². The first-order valence-corrected chi connectivity index (χ1v) is 10.7. The zero-order chi connectivity index (χ0) is 23.0. The minimum atomic E-state index is -0.257. The molecule has 4 rings (SSSR count). The van der Waals surface area contributed by atoms with Crippen LogP contribution in [0, 0.1) is 0 Å². The summed E-state index contributed by atoms with van der Waals surface area (Å²) in [7, 11) is 6.59. The highest BCUT2D eigenvalue weighted by molar-refractivity contribution is 6.33. The van der Waals surface area contributed by atoms with E-state index >= 15 is 0 Å². The zero-order valence-electron chi connectivity index (χ0n) is 18.5. The predicted octanol–water partition coefficient (Wildman–Crippen LogP) is 3.92. The fourth-order valence-corrected chi connectivity index (χ4v) is 4.75. The number of nitrogens with zero attached hydrogens (tertiary/aromatic N) is 1. The van der Waals surface area contributed by atoms with Crippen molar-refractivity contribution in [2.45, 2.75) is 18.4 Å². The van der Waals surface area contributed by atoms with Gasteiger partial charge in [-0.2, -0.15) is 0 Å². The lowest BCUT2D eigenvalue weighted by atomic mass is 9.89. The summed E-state index contributed by atoms with van der Waals surface area (Å²) in [4.78, 5) is 15.4. The summed E-state index contributed by atoms with van der Waals surface area (Å²) in [6, 6.07) is 8.15. The molecular weight excluding hydrogens is 434 g/mol. The molecule has 2 heterocycles. The van der Waals surface area contributed by atoms with E-state index in [4.69, 9.17) is 30.2 Å². The van der Waals surface area contributed by atoms with E-state index in [1.54, 1.807) is 38.5 Å². The number of benzene rings is 2. The van der Waals surface area contributed by atoms with Gasteiger partial charge in [-0.25, -0.2) is 0 Å². The fraction of sp³-hybridized carbons (Fsp3) is 0.375. The Kier molecular flexibility index (Phi) is 6.33. The summed E-state index contributed by atoms with van der Waals surface area (Å²) in [6.45, 7) is 0.779. The van der Waals surface area contributed by atoms with Crippen LogP contribution in [0.15, 0.2) is 39.5 Å². The summed E-state index contributed by atoms with van der Waals surface area (Å²) in [5.74, 6) is 1.73. The fourth-order valence-electron chi connectivity index (χ4n) is 4.54. The number of halogens is 1. The largest absolute Gasteiger partial charge is 0.497 e. The summed E-state index contributed by atoms with van der Waals surface area (Å²) >= 11 is 6.43. The summed E-state index contributed by atoms with van der Waals surface area (Å²) in [5.41, 5.74) is 1.40. The first kappa shape index (κ1) is 22.5. The van der Waals surface area contributed by atoms with E-state index in [9.17, 15) is 9.90 Å². The van der Waals surface area contributed by atoms with E-state index in [1.165, 1.54) is 13.2 Å². The molecule has 1 N–H and O–H groups in total. The van der Waals surface area contributed by atoms with Crippen LogP contribution >= 0.6 is 11.6 Å². The molecular formula is C24H26ClNO6. The van der Waals surface area contributed by atoms with Crippen LogP contribution in [-0.2, 0) is 0 Å². The van der Waals surface area contributed by atoms with Crippen LogP contribution in [0.1, 0.15) is 17.9 Å². The van der Waals surface area contributed by atoms with Gasteiger partial charge >= 0.3 is 0 Å². The van der Waals surface area contributed by atoms with Crippen molar-refractivity contribution in [2.75, 3.05) is 41.5 Å². The van der Waals surface area contributed by atoms with Gasteiger partial charge in [0.15, 0.2) is 5.43 Å². The van der Waals surface area contributed by atoms with Crippen LogP contribution in [0.2, 0.25) is 5.02 Å². The third-order valence-corrected chi connectivity index (χ3v) is 6.56. The number of rotatable bonds is 6. The van der Waals surface area contributed by atoms with Crippen molar-refractivity contribution >= 4 is 22.6 Å². The maximum absolute atomic E-state index is 13.3. The first-order chi connectivity index (χ1) is 15.4. The zero-order valence-corrected chi connectivity index (χ0v) is 19.2. The average molecular weight is 460 g/mol. The highest BCUT2D eigenvalue weighted by atomic mass is 35.5. The lowest BCUT2D eigenvalue weighted by Crippen LogP contribution is -2.32. The molecule has 2 aromatic carbocycles. The van der Waals surface area contributed by atoms with Crippen LogP contribution in [0.5, 0.6) is 17.2 Å². The van der Waals surface area contributed by atoms with Crippen molar-refractivity contribution in [3.05, 3.63) is 51.1 Å². The molecule has 0 spiro atoms. The molecule has 1 aliphatic heterocycles. The molecule has 0 amide bonds. The minimum absolute atomic E-state index is 0.0243. The van der Waals surface area contributed by atoms with Crippen LogP contribution in [0.25, 0.3) is 22.3 Å². The Morgan fingerprint density at radius 2 is 1.88 bits per heavy atom. The lowest BCUT2D eigenvalue weighted by Gasteiger charge is -2.25. The van der Waals surface area contributed by atoms with Crippen molar-refractivity contribution < 1.29 is 23.7 Å². The summed E-state index contributed by atoms with van der Waals surface area (Å²) in [6.07, 6.45) is 0.785. The van der Waals surface area contributed by atoms with Gasteiger partial charge in [0.05, 0.1) is 33.0 Å². The maximum atomic E-state index is 13.3. The molecule has 1 fully saturated rings. The molecule has 1 aromatic heterocycles. The molecule has 1 aliphatic rings. The second kappa shape index (κ2) is 9.02. The Balaban J connectivity index is 2.06. The lowest BCUT2D eigenvalue weighted by molar-refractivity contribution is 0.171. The molecule has 0 aliphatic carbocycles. The Labute approximate surface area is 191 Å². The molecule has 8 heteroatoms. The summed E-state index contributed by atoms with van der Waals surface area (Å²) < 4.78 is 22.9. The third kappa shape index (κ3) is 3.70. The number of fused-ring (bicyclic) bond motifs is 1. The molecule has 32 heavy (non-hydrogen) atoms. The Morgan fingerprint density at radius 3 is 2.53 bits per heavy atom. The van der Waals surface area contributed by atoms with E-state index in [-0.39, 0.29) is 24.0 Å². The van der Waals surface area contributed by atoms with Crippen LogP contribution < -0.4 is 19.6 Å². The van der Waals surface area contributed by atoms with E-state index in [0.29, 0.717) is 44.6 Å². The van der Waals surface area contributed by atoms with Crippen LogP contribution in [-0.4, -0.2) is 57.6 Å². The van der Waals surface area contributed by atoms with Crippen molar-refractivity contribution in [1.82, 2.24) is 4.90 Å². The highest BCUT2D eigenvalue weighted by Crippen LogP contribution is 2.45. The molecule has 2 atom stereocenters. The minimum Gasteiger partial charge on any atom is -0.497 e. The number of ether oxygens (including phenoxy) is 3. The monoisotopic (exact) mass is 459 g/mol. The van der Waals surface area contributed by atoms with Gasteiger partial charge in [0, 0.05) is 35.2 Å². The van der Waals surface area contributed by atoms with Gasteiger partial charge < -0.3 is 28.6 Å². The molecule has 3 aromatic rings.